The van der Waals surface area contributed by atoms with Gasteiger partial charge in [-0.15, -0.1) is 0 Å². The maximum Gasteiger partial charge on any atom is 0.289 e. The van der Waals surface area contributed by atoms with Crippen molar-refractivity contribution < 1.29 is 9.59 Å². The first kappa shape index (κ1) is 13.1. The van der Waals surface area contributed by atoms with Crippen LogP contribution < -0.4 is 10.9 Å². The van der Waals surface area contributed by atoms with Gasteiger partial charge in [0.2, 0.25) is 5.91 Å². The zero-order chi connectivity index (χ0) is 12.8. The molecule has 0 atom stereocenters. The number of carbonyl (C=O) groups is 2. The first-order valence-electron chi connectivity index (χ1n) is 5.37. The maximum absolute atomic E-state index is 11.5. The van der Waals surface area contributed by atoms with E-state index in [-0.39, 0.29) is 17.5 Å². The summed E-state index contributed by atoms with van der Waals surface area (Å²) in [7, 11) is 0. The summed E-state index contributed by atoms with van der Waals surface area (Å²) < 4.78 is 0. The Morgan fingerprint density at radius 1 is 1.24 bits per heavy atom. The molecule has 92 valence electrons. The van der Waals surface area contributed by atoms with E-state index in [1.54, 1.807) is 6.92 Å². The van der Waals surface area contributed by atoms with E-state index in [2.05, 4.69) is 20.8 Å². The number of aryl methyl sites for hydroxylation is 1. The topological polar surface area (TPSA) is 84.0 Å². The molecule has 6 heteroatoms. The number of hydrogen-bond donors (Lipinski definition) is 2. The normalized spacial score (nSPS) is 10.1. The largest absolute Gasteiger partial charge is 0.289 e. The van der Waals surface area contributed by atoms with E-state index in [9.17, 15) is 9.59 Å². The van der Waals surface area contributed by atoms with E-state index in [4.69, 9.17) is 0 Å². The van der Waals surface area contributed by atoms with E-state index in [0.29, 0.717) is 6.42 Å². The zero-order valence-corrected chi connectivity index (χ0v) is 10.2. The third-order valence-electron chi connectivity index (χ3n) is 1.92. The summed E-state index contributed by atoms with van der Waals surface area (Å²) in [6.45, 7) is 5.62. The molecule has 0 aromatic carbocycles. The number of nitrogens with zero attached hydrogens (tertiary/aromatic N) is 2. The quantitative estimate of drug-likeness (QED) is 0.752. The number of rotatable bonds is 3. The molecule has 0 saturated carbocycles. The Kier molecular flexibility index (Phi) is 4.56. The van der Waals surface area contributed by atoms with Gasteiger partial charge in [0, 0.05) is 12.6 Å². The van der Waals surface area contributed by atoms with Gasteiger partial charge < -0.3 is 0 Å². The van der Waals surface area contributed by atoms with Crippen molar-refractivity contribution in [3.63, 3.8) is 0 Å². The first-order valence-corrected chi connectivity index (χ1v) is 5.37. The maximum atomic E-state index is 11.5. The predicted molar refractivity (Wildman–Crippen MR) is 61.8 cm³/mol. The third kappa shape index (κ3) is 4.58. The highest BCUT2D eigenvalue weighted by molar-refractivity contribution is 5.93. The molecule has 1 aromatic heterocycles. The van der Waals surface area contributed by atoms with Crippen LogP contribution in [0.25, 0.3) is 0 Å². The molecule has 0 aliphatic carbocycles. The van der Waals surface area contributed by atoms with E-state index in [0.717, 1.165) is 5.69 Å². The van der Waals surface area contributed by atoms with Crippen molar-refractivity contribution in [2.24, 2.45) is 5.92 Å². The highest BCUT2D eigenvalue weighted by Crippen LogP contribution is 1.97. The number of nitrogens with one attached hydrogen (secondary N) is 2. The molecular formula is C11H16N4O2. The van der Waals surface area contributed by atoms with Crippen LogP contribution in [0.1, 0.15) is 36.5 Å². The fourth-order valence-electron chi connectivity index (χ4n) is 1.12. The Labute approximate surface area is 99.8 Å². The molecule has 0 spiro atoms. The number of hydrogen-bond acceptors (Lipinski definition) is 4. The van der Waals surface area contributed by atoms with Gasteiger partial charge in [0.05, 0.1) is 11.9 Å². The van der Waals surface area contributed by atoms with Crippen molar-refractivity contribution in [2.45, 2.75) is 27.2 Å². The van der Waals surface area contributed by atoms with Crippen LogP contribution in [0.4, 0.5) is 0 Å². The summed E-state index contributed by atoms with van der Waals surface area (Å²) in [4.78, 5) is 30.6. The van der Waals surface area contributed by atoms with Crippen molar-refractivity contribution in [3.8, 4) is 0 Å². The summed E-state index contributed by atoms with van der Waals surface area (Å²) in [6, 6.07) is 0. The van der Waals surface area contributed by atoms with Crippen molar-refractivity contribution in [1.82, 2.24) is 20.8 Å². The fraction of sp³-hybridized carbons (Fsp3) is 0.455. The zero-order valence-electron chi connectivity index (χ0n) is 10.2. The number of hydrazine groups is 1. The molecule has 0 aliphatic heterocycles. The van der Waals surface area contributed by atoms with E-state index in [1.165, 1.54) is 12.4 Å². The van der Waals surface area contributed by atoms with Gasteiger partial charge in [-0.25, -0.2) is 4.98 Å². The Morgan fingerprint density at radius 2 is 1.94 bits per heavy atom. The van der Waals surface area contributed by atoms with Crippen LogP contribution in [0, 0.1) is 12.8 Å². The molecule has 0 bridgehead atoms. The molecule has 17 heavy (non-hydrogen) atoms. The second kappa shape index (κ2) is 5.93. The first-order chi connectivity index (χ1) is 7.99. The van der Waals surface area contributed by atoms with Crippen molar-refractivity contribution in [1.29, 1.82) is 0 Å². The summed E-state index contributed by atoms with van der Waals surface area (Å²) in [5, 5.41) is 0. The Bertz CT molecular complexity index is 400. The molecule has 2 amide bonds. The van der Waals surface area contributed by atoms with Gasteiger partial charge in [0.25, 0.3) is 5.91 Å². The van der Waals surface area contributed by atoms with Gasteiger partial charge in [-0.3, -0.25) is 25.4 Å². The van der Waals surface area contributed by atoms with Crippen molar-refractivity contribution >= 4 is 11.8 Å². The van der Waals surface area contributed by atoms with Crippen LogP contribution in [0.5, 0.6) is 0 Å². The Balaban J connectivity index is 2.45. The molecule has 1 rings (SSSR count). The average Bonchev–Trinajstić information content (AvgIpc) is 2.26. The lowest BCUT2D eigenvalue weighted by atomic mass is 10.1. The SMILES string of the molecule is Cc1cnc(C(=O)NNC(=O)CC(C)C)cn1. The molecule has 6 nitrogen and oxygen atoms in total. The molecule has 1 aromatic rings. The molecule has 0 fully saturated rings. The van der Waals surface area contributed by atoms with E-state index < -0.39 is 5.91 Å². The number of aromatic nitrogens is 2. The minimum absolute atomic E-state index is 0.167. The van der Waals surface area contributed by atoms with Crippen LogP contribution in [0.15, 0.2) is 12.4 Å². The molecule has 0 aliphatic rings. The van der Waals surface area contributed by atoms with Crippen LogP contribution in [-0.2, 0) is 4.79 Å². The van der Waals surface area contributed by atoms with Gasteiger partial charge in [-0.05, 0) is 12.8 Å². The monoisotopic (exact) mass is 236 g/mol. The lowest BCUT2D eigenvalue weighted by molar-refractivity contribution is -0.122. The predicted octanol–water partition coefficient (Wildman–Crippen LogP) is 0.592. The third-order valence-corrected chi connectivity index (χ3v) is 1.92. The highest BCUT2D eigenvalue weighted by Gasteiger charge is 2.09. The Morgan fingerprint density at radius 3 is 2.47 bits per heavy atom. The molecular weight excluding hydrogens is 220 g/mol. The van der Waals surface area contributed by atoms with Gasteiger partial charge in [0.1, 0.15) is 5.69 Å². The molecule has 0 radical (unpaired) electrons. The lowest BCUT2D eigenvalue weighted by Crippen LogP contribution is -2.42. The lowest BCUT2D eigenvalue weighted by Gasteiger charge is -2.08. The van der Waals surface area contributed by atoms with Crippen LogP contribution in [0.2, 0.25) is 0 Å². The summed E-state index contributed by atoms with van der Waals surface area (Å²) in [5.41, 5.74) is 5.50. The average molecular weight is 236 g/mol. The van der Waals surface area contributed by atoms with Crippen LogP contribution >= 0.6 is 0 Å². The van der Waals surface area contributed by atoms with Crippen LogP contribution in [0.3, 0.4) is 0 Å². The molecule has 1 heterocycles. The highest BCUT2D eigenvalue weighted by atomic mass is 16.2. The summed E-state index contributed by atoms with van der Waals surface area (Å²) in [5.74, 6) is -0.464. The second-order valence-corrected chi connectivity index (χ2v) is 4.14. The smallest absolute Gasteiger partial charge is 0.273 e. The van der Waals surface area contributed by atoms with E-state index in [1.807, 2.05) is 13.8 Å². The standard InChI is InChI=1S/C11H16N4O2/c1-7(2)4-10(16)14-15-11(17)9-6-12-8(3)5-13-9/h5-7H,4H2,1-3H3,(H,14,16)(H,15,17). The van der Waals surface area contributed by atoms with Gasteiger partial charge >= 0.3 is 0 Å². The number of amides is 2. The molecule has 0 saturated heterocycles. The van der Waals surface area contributed by atoms with Crippen molar-refractivity contribution in [3.05, 3.63) is 23.8 Å². The van der Waals surface area contributed by atoms with E-state index >= 15 is 0 Å². The minimum Gasteiger partial charge on any atom is -0.273 e. The van der Waals surface area contributed by atoms with Gasteiger partial charge in [0.15, 0.2) is 0 Å². The molecule has 0 unspecified atom stereocenters. The minimum atomic E-state index is -0.477. The van der Waals surface area contributed by atoms with Crippen molar-refractivity contribution in [2.75, 3.05) is 0 Å². The number of carbonyl (C=O) groups excluding carboxylic acids is 2. The second-order valence-electron chi connectivity index (χ2n) is 4.14. The van der Waals surface area contributed by atoms with Crippen LogP contribution in [-0.4, -0.2) is 21.8 Å². The molecule has 2 N–H and O–H groups in total. The summed E-state index contributed by atoms with van der Waals surface area (Å²) >= 11 is 0. The fourth-order valence-corrected chi connectivity index (χ4v) is 1.12. The van der Waals surface area contributed by atoms with Gasteiger partial charge in [-0.1, -0.05) is 13.8 Å². The summed E-state index contributed by atoms with van der Waals surface area (Å²) in [6.07, 6.45) is 3.21. The Hall–Kier alpha value is -1.98. The van der Waals surface area contributed by atoms with Gasteiger partial charge in [-0.2, -0.15) is 0 Å².